The van der Waals surface area contributed by atoms with E-state index in [0.717, 1.165) is 24.2 Å². The molecule has 0 aromatic rings. The van der Waals surface area contributed by atoms with Gasteiger partial charge in [0.25, 0.3) is 0 Å². The van der Waals surface area contributed by atoms with E-state index < -0.39 is 0 Å². The third-order valence-corrected chi connectivity index (χ3v) is 13.3. The van der Waals surface area contributed by atoms with Gasteiger partial charge < -0.3 is 4.74 Å². The van der Waals surface area contributed by atoms with Crippen molar-refractivity contribution < 1.29 is 9.53 Å². The van der Waals surface area contributed by atoms with Crippen molar-refractivity contribution in [3.05, 3.63) is 12.2 Å². The van der Waals surface area contributed by atoms with E-state index in [1.165, 1.54) is 51.4 Å². The molecule has 5 aliphatic rings. The first-order valence-electron chi connectivity index (χ1n) is 14.5. The van der Waals surface area contributed by atoms with E-state index in [-0.39, 0.29) is 17.5 Å². The second-order valence-corrected chi connectivity index (χ2v) is 15.8. The van der Waals surface area contributed by atoms with Crippen LogP contribution in [0.4, 0.5) is 0 Å². The van der Waals surface area contributed by atoms with Crippen LogP contribution >= 0.6 is 0 Å². The Kier molecular flexibility index (Phi) is 5.40. The van der Waals surface area contributed by atoms with Crippen molar-refractivity contribution in [3.8, 4) is 0 Å². The Morgan fingerprint density at radius 2 is 1.47 bits per heavy atom. The van der Waals surface area contributed by atoms with Crippen molar-refractivity contribution >= 4 is 5.97 Å². The van der Waals surface area contributed by atoms with Crippen molar-refractivity contribution in [2.75, 3.05) is 0 Å². The average Bonchev–Trinajstić information content (AvgIpc) is 2.72. The third kappa shape index (κ3) is 3.21. The van der Waals surface area contributed by atoms with Crippen LogP contribution < -0.4 is 0 Å². The zero-order valence-corrected chi connectivity index (χ0v) is 23.7. The maximum atomic E-state index is 11.9. The van der Waals surface area contributed by atoms with E-state index in [9.17, 15) is 4.79 Å². The zero-order valence-electron chi connectivity index (χ0n) is 23.7. The summed E-state index contributed by atoms with van der Waals surface area (Å²) in [6.45, 7) is 22.0. The van der Waals surface area contributed by atoms with Gasteiger partial charge in [-0.2, -0.15) is 0 Å². The molecule has 0 bridgehead atoms. The fourth-order valence-corrected chi connectivity index (χ4v) is 11.1. The molecule has 5 aliphatic carbocycles. The van der Waals surface area contributed by atoms with Gasteiger partial charge in [0, 0.05) is 12.3 Å². The highest BCUT2D eigenvalue weighted by Gasteiger charge is 2.69. The summed E-state index contributed by atoms with van der Waals surface area (Å²) in [4.78, 5) is 11.9. The highest BCUT2D eigenvalue weighted by molar-refractivity contribution is 5.66. The predicted molar refractivity (Wildman–Crippen MR) is 140 cm³/mol. The first kappa shape index (κ1) is 24.9. The number of ether oxygens (including phenoxy) is 1. The van der Waals surface area contributed by atoms with Crippen molar-refractivity contribution in [2.24, 2.45) is 56.2 Å². The Hall–Kier alpha value is -0.790. The van der Waals surface area contributed by atoms with E-state index in [0.29, 0.717) is 33.0 Å². The number of rotatable bonds is 1. The first-order valence-corrected chi connectivity index (χ1v) is 14.5. The summed E-state index contributed by atoms with van der Waals surface area (Å²) in [5.41, 5.74) is 1.90. The smallest absolute Gasteiger partial charge is 0.302 e. The monoisotopic (exact) mass is 468 g/mol. The molecule has 0 aromatic carbocycles. The molecule has 0 amide bonds. The molecule has 0 saturated heterocycles. The number of esters is 1. The summed E-state index contributed by atoms with van der Waals surface area (Å²) in [7, 11) is 0. The Morgan fingerprint density at radius 3 is 2.15 bits per heavy atom. The summed E-state index contributed by atoms with van der Waals surface area (Å²) < 4.78 is 5.91. The van der Waals surface area contributed by atoms with Gasteiger partial charge >= 0.3 is 5.97 Å². The van der Waals surface area contributed by atoms with E-state index in [1.807, 2.05) is 0 Å². The molecule has 9 atom stereocenters. The van der Waals surface area contributed by atoms with Crippen LogP contribution in [-0.4, -0.2) is 12.1 Å². The molecule has 0 N–H and O–H groups in total. The quantitative estimate of drug-likeness (QED) is 0.284. The average molecular weight is 469 g/mol. The molecule has 0 heterocycles. The van der Waals surface area contributed by atoms with Crippen LogP contribution in [0.15, 0.2) is 12.2 Å². The summed E-state index contributed by atoms with van der Waals surface area (Å²) in [6.07, 6.45) is 17.2. The lowest BCUT2D eigenvalue weighted by Crippen LogP contribution is -2.66. The van der Waals surface area contributed by atoms with Gasteiger partial charge in [-0.05, 0) is 109 Å². The molecule has 192 valence electrons. The van der Waals surface area contributed by atoms with Gasteiger partial charge in [0.1, 0.15) is 6.10 Å². The van der Waals surface area contributed by atoms with E-state index >= 15 is 0 Å². The molecule has 34 heavy (non-hydrogen) atoms. The minimum Gasteiger partial charge on any atom is -0.462 e. The van der Waals surface area contributed by atoms with Gasteiger partial charge in [-0.15, -0.1) is 0 Å². The van der Waals surface area contributed by atoms with Crippen molar-refractivity contribution in [1.82, 2.24) is 0 Å². The molecule has 5 rings (SSSR count). The summed E-state index contributed by atoms with van der Waals surface area (Å²) in [5, 5.41) is 0. The topological polar surface area (TPSA) is 26.3 Å². The number of hydrogen-bond acceptors (Lipinski definition) is 2. The van der Waals surface area contributed by atoms with Crippen LogP contribution in [0.3, 0.4) is 0 Å². The van der Waals surface area contributed by atoms with Crippen molar-refractivity contribution in [2.45, 2.75) is 126 Å². The number of carbonyl (C=O) groups excluding carboxylic acids is 1. The summed E-state index contributed by atoms with van der Waals surface area (Å²) in [6, 6.07) is 0. The lowest BCUT2D eigenvalue weighted by molar-refractivity contribution is -0.231. The number of fused-ring (bicyclic) bond motifs is 7. The Bertz CT molecular complexity index is 883. The molecule has 0 aliphatic heterocycles. The van der Waals surface area contributed by atoms with Crippen molar-refractivity contribution in [1.29, 1.82) is 0 Å². The van der Waals surface area contributed by atoms with E-state index in [4.69, 9.17) is 4.74 Å². The minimum atomic E-state index is -0.110. The number of allylic oxidation sites excluding steroid dienone is 2. The van der Waals surface area contributed by atoms with E-state index in [1.54, 1.807) is 6.92 Å². The second kappa shape index (κ2) is 7.38. The fraction of sp³-hybridized carbons (Fsp3) is 0.906. The van der Waals surface area contributed by atoms with Crippen molar-refractivity contribution in [3.63, 3.8) is 0 Å². The molecule has 0 spiro atoms. The van der Waals surface area contributed by atoms with Gasteiger partial charge in [0.05, 0.1) is 0 Å². The van der Waals surface area contributed by atoms with E-state index in [2.05, 4.69) is 67.5 Å². The second-order valence-electron chi connectivity index (χ2n) is 15.8. The number of carbonyl (C=O) groups is 1. The van der Waals surface area contributed by atoms with Gasteiger partial charge in [-0.1, -0.05) is 67.5 Å². The Labute approximate surface area is 210 Å². The van der Waals surface area contributed by atoms with Crippen LogP contribution in [0.5, 0.6) is 0 Å². The van der Waals surface area contributed by atoms with Gasteiger partial charge in [0.15, 0.2) is 0 Å². The van der Waals surface area contributed by atoms with Gasteiger partial charge in [-0.25, -0.2) is 0 Å². The molecule has 0 aromatic heterocycles. The molecular formula is C32H52O2. The van der Waals surface area contributed by atoms with Crippen LogP contribution in [0.1, 0.15) is 120 Å². The molecule has 4 fully saturated rings. The normalized spacial score (nSPS) is 53.0. The van der Waals surface area contributed by atoms with Crippen LogP contribution in [0.25, 0.3) is 0 Å². The zero-order chi connectivity index (χ0) is 24.9. The maximum Gasteiger partial charge on any atom is 0.302 e. The lowest BCUT2D eigenvalue weighted by atomic mass is 9.32. The molecular weight excluding hydrogens is 416 g/mol. The largest absolute Gasteiger partial charge is 0.462 e. The van der Waals surface area contributed by atoms with Crippen LogP contribution in [0.2, 0.25) is 0 Å². The SMILES string of the molecule is CC(=O)OC1CCC2(C)C(CCC3(C)C2CCC2C4CC(C)(C)CCC4(C)C=CC23C)C1(C)C. The highest BCUT2D eigenvalue weighted by Crippen LogP contribution is 2.75. The molecule has 4 saturated carbocycles. The molecule has 2 nitrogen and oxygen atoms in total. The number of hydrogen-bond donors (Lipinski definition) is 0. The fourth-order valence-electron chi connectivity index (χ4n) is 11.1. The molecule has 0 radical (unpaired) electrons. The predicted octanol–water partition coefficient (Wildman–Crippen LogP) is 8.60. The third-order valence-electron chi connectivity index (χ3n) is 13.3. The first-order chi connectivity index (χ1) is 15.6. The summed E-state index contributed by atoms with van der Waals surface area (Å²) >= 11 is 0. The standard InChI is InChI=1S/C32H52O2/c1-21(33)34-26-13-14-30(7)24(28(26,4)5)12-15-32(9)25(30)11-10-22-23-20-27(2,3)16-17-29(23,6)18-19-31(22,32)8/h18-19,22-26H,10-17,20H2,1-9H3. The Morgan fingerprint density at radius 1 is 0.765 bits per heavy atom. The lowest BCUT2D eigenvalue weighted by Gasteiger charge is -2.72. The molecule has 9 unspecified atom stereocenters. The van der Waals surface area contributed by atoms with Crippen LogP contribution in [-0.2, 0) is 9.53 Å². The Balaban J connectivity index is 1.51. The summed E-state index contributed by atoms with van der Waals surface area (Å²) in [5.74, 6) is 2.91. The molecule has 2 heteroatoms. The van der Waals surface area contributed by atoms with Gasteiger partial charge in [0.2, 0.25) is 0 Å². The minimum absolute atomic E-state index is 0.0477. The van der Waals surface area contributed by atoms with Crippen LogP contribution in [0, 0.1) is 56.2 Å². The van der Waals surface area contributed by atoms with Gasteiger partial charge in [-0.3, -0.25) is 4.79 Å². The highest BCUT2D eigenvalue weighted by atomic mass is 16.5. The maximum absolute atomic E-state index is 11.9.